The van der Waals surface area contributed by atoms with Gasteiger partial charge in [0.25, 0.3) is 0 Å². The second kappa shape index (κ2) is 2.86. The summed E-state index contributed by atoms with van der Waals surface area (Å²) in [6.45, 7) is 0.127. The smallest absolute Gasteiger partial charge is 0.109 e. The predicted molar refractivity (Wildman–Crippen MR) is 39.8 cm³/mol. The van der Waals surface area contributed by atoms with Gasteiger partial charge in [0, 0.05) is 16.2 Å². The Balaban J connectivity index is 2.38. The number of hydrogen-bond acceptors (Lipinski definition) is 2. The first-order chi connectivity index (χ1) is 4.24. The first kappa shape index (κ1) is 7.31. The lowest BCUT2D eigenvalue weighted by Gasteiger charge is -2.09. The van der Waals surface area contributed by atoms with Crippen molar-refractivity contribution < 1.29 is 9.84 Å². The quantitative estimate of drug-likeness (QED) is 0.447. The fraction of sp³-hybridized carbons (Fsp3) is 1.00. The average Bonchev–Trinajstić information content (AvgIpc) is 2.10. The largest absolute Gasteiger partial charge is 0.394 e. The fourth-order valence-corrected chi connectivity index (χ4v) is 1.99. The summed E-state index contributed by atoms with van der Waals surface area (Å²) < 4.78 is 5.19. The van der Waals surface area contributed by atoms with E-state index in [1.807, 2.05) is 0 Å². The molecule has 4 heteroatoms. The van der Waals surface area contributed by atoms with Gasteiger partial charge in [-0.15, -0.1) is 0 Å². The summed E-state index contributed by atoms with van der Waals surface area (Å²) in [5.74, 6) is 0. The van der Waals surface area contributed by atoms with Crippen LogP contribution in [0.5, 0.6) is 0 Å². The van der Waals surface area contributed by atoms with Crippen molar-refractivity contribution >= 4 is 18.1 Å². The van der Waals surface area contributed by atoms with E-state index >= 15 is 0 Å². The molecule has 3 atom stereocenters. The third-order valence-corrected chi connectivity index (χ3v) is 2.98. The molecule has 2 radical (unpaired) electrons. The van der Waals surface area contributed by atoms with Crippen LogP contribution >= 0.6 is 0 Å². The number of aliphatic hydroxyl groups is 1. The van der Waals surface area contributed by atoms with Crippen LogP contribution in [0.3, 0.4) is 0 Å². The summed E-state index contributed by atoms with van der Waals surface area (Å²) in [5, 5.41) is 8.70. The van der Waals surface area contributed by atoms with Crippen molar-refractivity contribution in [2.24, 2.45) is 0 Å². The summed E-state index contributed by atoms with van der Waals surface area (Å²) in [4.78, 5) is 0. The molecular weight excluding hydrogens is 131 g/mol. The molecule has 1 aliphatic heterocycles. The van der Waals surface area contributed by atoms with E-state index in [1.54, 1.807) is 0 Å². The van der Waals surface area contributed by atoms with Crippen LogP contribution in [0.25, 0.3) is 0 Å². The minimum atomic E-state index is -0.121. The minimum Gasteiger partial charge on any atom is -0.394 e. The van der Waals surface area contributed by atoms with Gasteiger partial charge in [-0.05, 0) is 12.0 Å². The van der Waals surface area contributed by atoms with E-state index in [4.69, 9.17) is 17.7 Å². The van der Waals surface area contributed by atoms with Crippen LogP contribution in [0.15, 0.2) is 0 Å². The van der Waals surface area contributed by atoms with Crippen molar-refractivity contribution in [2.75, 3.05) is 6.61 Å². The topological polar surface area (TPSA) is 29.5 Å². The van der Waals surface area contributed by atoms with Gasteiger partial charge in [0.05, 0.1) is 12.7 Å². The van der Waals surface area contributed by atoms with Crippen LogP contribution in [0.2, 0.25) is 5.54 Å². The second-order valence-corrected chi connectivity index (χ2v) is 4.09. The Morgan fingerprint density at radius 1 is 1.78 bits per heavy atom. The highest BCUT2D eigenvalue weighted by atomic mass is 28.1. The molecule has 1 N–H and O–H groups in total. The second-order valence-electron chi connectivity index (χ2n) is 2.61. The molecule has 0 saturated carbocycles. The van der Waals surface area contributed by atoms with Crippen molar-refractivity contribution in [2.45, 2.75) is 24.1 Å². The lowest BCUT2D eigenvalue weighted by atomic mass is 9.97. The van der Waals surface area contributed by atoms with E-state index in [-0.39, 0.29) is 18.7 Å². The monoisotopic (exact) mass is 142 g/mol. The third kappa shape index (κ3) is 1.56. The Labute approximate surface area is 59.4 Å². The van der Waals surface area contributed by atoms with Crippen LogP contribution in [-0.4, -0.2) is 41.9 Å². The summed E-state index contributed by atoms with van der Waals surface area (Å²) in [7, 11) is 6.55. The first-order valence-corrected chi connectivity index (χ1v) is 4.41. The van der Waals surface area contributed by atoms with Gasteiger partial charge in [-0.25, -0.2) is 0 Å². The highest BCUT2D eigenvalue weighted by molar-refractivity contribution is 6.15. The molecule has 0 aliphatic carbocycles. The molecule has 1 saturated heterocycles. The van der Waals surface area contributed by atoms with E-state index in [2.05, 4.69) is 0 Å². The summed E-state index contributed by atoms with van der Waals surface area (Å²) in [5.41, 5.74) is 0.546. The van der Waals surface area contributed by atoms with Crippen LogP contribution in [0.4, 0.5) is 0 Å². The van der Waals surface area contributed by atoms with E-state index in [9.17, 15) is 0 Å². The molecule has 0 aromatic heterocycles. The molecule has 1 heterocycles. The molecule has 9 heavy (non-hydrogen) atoms. The zero-order valence-corrected chi connectivity index (χ0v) is 7.58. The molecule has 2 nitrogen and oxygen atoms in total. The molecule has 0 amide bonds. The zero-order valence-electron chi connectivity index (χ0n) is 5.58. The highest BCUT2D eigenvalue weighted by Crippen LogP contribution is 2.26. The third-order valence-electron chi connectivity index (χ3n) is 1.77. The van der Waals surface area contributed by atoms with Crippen molar-refractivity contribution in [3.8, 4) is 0 Å². The average molecular weight is 142 g/mol. The maximum Gasteiger partial charge on any atom is 0.109 e. The highest BCUT2D eigenvalue weighted by Gasteiger charge is 2.27. The summed E-state index contributed by atoms with van der Waals surface area (Å²) in [6.07, 6.45) is 0.962. The molecule has 1 fully saturated rings. The fourth-order valence-electron chi connectivity index (χ4n) is 1.16. The zero-order chi connectivity index (χ0) is 6.85. The molecule has 0 spiro atoms. The van der Waals surface area contributed by atoms with Crippen molar-refractivity contribution in [1.29, 1.82) is 0 Å². The number of ether oxygens (including phenoxy) is 1. The van der Waals surface area contributed by atoms with Gasteiger partial charge in [0.15, 0.2) is 0 Å². The molecule has 0 aromatic rings. The predicted octanol–water partition coefficient (Wildman–Crippen LogP) is -1.58. The van der Waals surface area contributed by atoms with Crippen LogP contribution < -0.4 is 0 Å². The number of aliphatic hydroxyl groups excluding tert-OH is 1. The Kier molecular flexibility index (Phi) is 2.32. The summed E-state index contributed by atoms with van der Waals surface area (Å²) >= 11 is 0. The van der Waals surface area contributed by atoms with E-state index in [0.29, 0.717) is 5.54 Å². The molecule has 50 valence electrons. The molecule has 0 bridgehead atoms. The van der Waals surface area contributed by atoms with Crippen molar-refractivity contribution in [1.82, 2.24) is 0 Å². The Hall–Kier alpha value is 0.202. The van der Waals surface area contributed by atoms with Gasteiger partial charge < -0.3 is 9.84 Å². The van der Waals surface area contributed by atoms with Crippen molar-refractivity contribution in [3.63, 3.8) is 0 Å². The van der Waals surface area contributed by atoms with Crippen LogP contribution in [-0.2, 0) is 4.74 Å². The standard InChI is InChI=1S/C5H11BO2Si/c6-5-1-4(9)3(2-7)8-5/h3-5,7H,1-2H2,9H3/t3-,4-,5-/m1/s1. The Bertz CT molecular complexity index is 101. The molecule has 0 unspecified atom stereocenters. The van der Waals surface area contributed by atoms with E-state index in [1.165, 1.54) is 0 Å². The normalized spacial score (nSPS) is 43.9. The van der Waals surface area contributed by atoms with Crippen molar-refractivity contribution in [3.05, 3.63) is 0 Å². The maximum atomic E-state index is 8.70. The van der Waals surface area contributed by atoms with Gasteiger partial charge >= 0.3 is 0 Å². The maximum absolute atomic E-state index is 8.70. The Morgan fingerprint density at radius 3 is 2.67 bits per heavy atom. The molecule has 1 rings (SSSR count). The van der Waals surface area contributed by atoms with Gasteiger partial charge in [-0.3, -0.25) is 0 Å². The minimum absolute atomic E-state index is 0.0340. The SMILES string of the molecule is [B][C@H]1C[C@@H]([SiH3])[C@@H](CO)O1. The molecule has 1 aliphatic rings. The van der Waals surface area contributed by atoms with Gasteiger partial charge in [-0.2, -0.15) is 0 Å². The Morgan fingerprint density at radius 2 is 2.44 bits per heavy atom. The van der Waals surface area contributed by atoms with Crippen LogP contribution in [0, 0.1) is 0 Å². The summed E-state index contributed by atoms with van der Waals surface area (Å²) in [6, 6.07) is -0.121. The van der Waals surface area contributed by atoms with E-state index < -0.39 is 0 Å². The number of rotatable bonds is 1. The van der Waals surface area contributed by atoms with Gasteiger partial charge in [0.1, 0.15) is 7.85 Å². The first-order valence-electron chi connectivity index (χ1n) is 3.26. The molecular formula is C5H11BO2Si. The van der Waals surface area contributed by atoms with E-state index in [0.717, 1.165) is 16.7 Å². The lowest BCUT2D eigenvalue weighted by molar-refractivity contribution is 0.0435. The van der Waals surface area contributed by atoms with Gasteiger partial charge in [-0.1, -0.05) is 0 Å². The lowest BCUT2D eigenvalue weighted by Crippen LogP contribution is -2.17. The molecule has 0 aromatic carbocycles. The number of hydrogen-bond donors (Lipinski definition) is 1. The van der Waals surface area contributed by atoms with Crippen LogP contribution in [0.1, 0.15) is 6.42 Å². The van der Waals surface area contributed by atoms with Gasteiger partial charge in [0.2, 0.25) is 0 Å².